The van der Waals surface area contributed by atoms with Gasteiger partial charge in [0.1, 0.15) is 18.1 Å². The van der Waals surface area contributed by atoms with E-state index in [0.717, 1.165) is 12.1 Å². The molecule has 6 nitrogen and oxygen atoms in total. The van der Waals surface area contributed by atoms with Crippen LogP contribution in [0.25, 0.3) is 0 Å². The molecule has 0 bridgehead atoms. The molecule has 0 saturated carbocycles. The highest BCUT2D eigenvalue weighted by atomic mass is 32.1. The van der Waals surface area contributed by atoms with Crippen LogP contribution in [0, 0.1) is 0 Å². The summed E-state index contributed by atoms with van der Waals surface area (Å²) in [6.45, 7) is 6.23. The molecule has 1 amide bonds. The Morgan fingerprint density at radius 1 is 0.964 bits per heavy atom. The minimum absolute atomic E-state index is 0.205. The van der Waals surface area contributed by atoms with Crippen LogP contribution in [0.3, 0.4) is 0 Å². The van der Waals surface area contributed by atoms with E-state index in [1.54, 1.807) is 18.2 Å². The van der Waals surface area contributed by atoms with E-state index in [9.17, 15) is 4.79 Å². The fourth-order valence-electron chi connectivity index (χ4n) is 2.31. The van der Waals surface area contributed by atoms with E-state index in [0.29, 0.717) is 43.5 Å². The average Bonchev–Trinajstić information content (AvgIpc) is 2.70. The highest BCUT2D eigenvalue weighted by Gasteiger charge is 2.09. The monoisotopic (exact) mass is 402 g/mol. The number of thiocarbonyl (C=S) groups is 1. The molecule has 0 saturated heterocycles. The van der Waals surface area contributed by atoms with Gasteiger partial charge < -0.3 is 19.5 Å². The summed E-state index contributed by atoms with van der Waals surface area (Å²) in [6.07, 6.45) is 0.902. The topological polar surface area (TPSA) is 68.8 Å². The zero-order chi connectivity index (χ0) is 20.2. The zero-order valence-corrected chi connectivity index (χ0v) is 17.0. The number of carbonyl (C=O) groups excluding carboxylic acids is 1. The average molecular weight is 403 g/mol. The Morgan fingerprint density at radius 2 is 1.68 bits per heavy atom. The van der Waals surface area contributed by atoms with Crippen LogP contribution in [0.5, 0.6) is 11.5 Å². The quantitative estimate of drug-likeness (QED) is 0.462. The minimum atomic E-state index is -0.302. The molecule has 0 heterocycles. The second-order valence-corrected chi connectivity index (χ2v) is 6.27. The van der Waals surface area contributed by atoms with Crippen molar-refractivity contribution in [2.45, 2.75) is 20.3 Å². The lowest BCUT2D eigenvalue weighted by Gasteiger charge is -2.12. The van der Waals surface area contributed by atoms with E-state index in [2.05, 4.69) is 10.6 Å². The van der Waals surface area contributed by atoms with Gasteiger partial charge in [0.15, 0.2) is 5.11 Å². The summed E-state index contributed by atoms with van der Waals surface area (Å²) >= 11 is 5.25. The molecule has 2 rings (SSSR count). The summed E-state index contributed by atoms with van der Waals surface area (Å²) in [5.41, 5.74) is 1.20. The van der Waals surface area contributed by atoms with Crippen molar-refractivity contribution in [2.24, 2.45) is 0 Å². The summed E-state index contributed by atoms with van der Waals surface area (Å²) in [4.78, 5) is 12.4. The van der Waals surface area contributed by atoms with Gasteiger partial charge in [0.05, 0.1) is 13.2 Å². The molecule has 2 aromatic carbocycles. The van der Waals surface area contributed by atoms with Crippen molar-refractivity contribution in [1.82, 2.24) is 5.32 Å². The van der Waals surface area contributed by atoms with Crippen LogP contribution in [0.2, 0.25) is 0 Å². The maximum absolute atomic E-state index is 12.4. The van der Waals surface area contributed by atoms with Gasteiger partial charge in [-0.15, -0.1) is 0 Å². The van der Waals surface area contributed by atoms with Crippen molar-refractivity contribution in [3.63, 3.8) is 0 Å². The van der Waals surface area contributed by atoms with Crippen LogP contribution >= 0.6 is 12.2 Å². The van der Waals surface area contributed by atoms with Crippen molar-refractivity contribution in [1.29, 1.82) is 0 Å². The van der Waals surface area contributed by atoms with Crippen LogP contribution in [-0.4, -0.2) is 37.4 Å². The Balaban J connectivity index is 1.88. The number of anilines is 1. The molecule has 0 fully saturated rings. The Kier molecular flexibility index (Phi) is 9.24. The molecule has 0 aromatic heterocycles. The van der Waals surface area contributed by atoms with E-state index in [-0.39, 0.29) is 11.0 Å². The first-order valence-corrected chi connectivity index (χ1v) is 9.69. The van der Waals surface area contributed by atoms with Gasteiger partial charge in [0.2, 0.25) is 0 Å². The lowest BCUT2D eigenvalue weighted by atomic mass is 10.2. The molecule has 0 atom stereocenters. The lowest BCUT2D eigenvalue weighted by molar-refractivity contribution is 0.0977. The van der Waals surface area contributed by atoms with Crippen molar-refractivity contribution < 1.29 is 19.0 Å². The van der Waals surface area contributed by atoms with Gasteiger partial charge in [-0.1, -0.05) is 19.1 Å². The molecule has 150 valence electrons. The number of hydrogen-bond acceptors (Lipinski definition) is 5. The normalized spacial score (nSPS) is 10.2. The van der Waals surface area contributed by atoms with Crippen molar-refractivity contribution in [3.8, 4) is 11.5 Å². The molecule has 0 aliphatic rings. The largest absolute Gasteiger partial charge is 0.494 e. The van der Waals surface area contributed by atoms with Gasteiger partial charge in [0.25, 0.3) is 5.91 Å². The zero-order valence-electron chi connectivity index (χ0n) is 16.2. The second kappa shape index (κ2) is 11.9. The van der Waals surface area contributed by atoms with Gasteiger partial charge in [-0.05, 0) is 55.9 Å². The number of carbonyl (C=O) groups is 1. The Hall–Kier alpha value is -2.64. The van der Waals surface area contributed by atoms with Gasteiger partial charge in [-0.2, -0.15) is 0 Å². The van der Waals surface area contributed by atoms with Gasteiger partial charge in [-0.25, -0.2) is 0 Å². The molecule has 2 aromatic rings. The third-order valence-corrected chi connectivity index (χ3v) is 3.79. The third kappa shape index (κ3) is 7.54. The van der Waals surface area contributed by atoms with Crippen LogP contribution in [0.15, 0.2) is 48.5 Å². The van der Waals surface area contributed by atoms with E-state index in [1.807, 2.05) is 44.2 Å². The summed E-state index contributed by atoms with van der Waals surface area (Å²) in [5.74, 6) is 1.05. The van der Waals surface area contributed by atoms with Gasteiger partial charge in [-0.3, -0.25) is 10.1 Å². The van der Waals surface area contributed by atoms with Crippen molar-refractivity contribution in [2.75, 3.05) is 31.7 Å². The fraction of sp³-hybridized carbons (Fsp3) is 0.333. The number of nitrogens with one attached hydrogen (secondary N) is 2. The Bertz CT molecular complexity index is 783. The maximum Gasteiger partial charge on any atom is 0.257 e. The van der Waals surface area contributed by atoms with E-state index in [1.165, 1.54) is 0 Å². The predicted octanol–water partition coefficient (Wildman–Crippen LogP) is 4.02. The first-order chi connectivity index (χ1) is 13.6. The Morgan fingerprint density at radius 3 is 2.43 bits per heavy atom. The molecule has 2 N–H and O–H groups in total. The SMILES string of the molecule is CCCOc1cccc(C(=O)NC(=S)Nc2cccc(OCCOCC)c2)c1. The number of benzene rings is 2. The highest BCUT2D eigenvalue weighted by Crippen LogP contribution is 2.17. The smallest absolute Gasteiger partial charge is 0.257 e. The number of hydrogen-bond donors (Lipinski definition) is 2. The molecule has 0 spiro atoms. The highest BCUT2D eigenvalue weighted by molar-refractivity contribution is 7.80. The first kappa shape index (κ1) is 21.7. The van der Waals surface area contributed by atoms with Crippen molar-refractivity contribution >= 4 is 28.9 Å². The molecular weight excluding hydrogens is 376 g/mol. The van der Waals surface area contributed by atoms with Crippen molar-refractivity contribution in [3.05, 3.63) is 54.1 Å². The van der Waals surface area contributed by atoms with Gasteiger partial charge >= 0.3 is 0 Å². The van der Waals surface area contributed by atoms with Crippen LogP contribution < -0.4 is 20.1 Å². The third-order valence-electron chi connectivity index (χ3n) is 3.59. The molecule has 0 unspecified atom stereocenters. The molecule has 0 radical (unpaired) electrons. The minimum Gasteiger partial charge on any atom is -0.494 e. The molecule has 0 aliphatic carbocycles. The van der Waals surface area contributed by atoms with Crippen LogP contribution in [0.1, 0.15) is 30.6 Å². The van der Waals surface area contributed by atoms with Crippen LogP contribution in [-0.2, 0) is 4.74 Å². The summed E-state index contributed by atoms with van der Waals surface area (Å²) in [7, 11) is 0. The molecule has 28 heavy (non-hydrogen) atoms. The van der Waals surface area contributed by atoms with E-state index in [4.69, 9.17) is 26.4 Å². The first-order valence-electron chi connectivity index (χ1n) is 9.28. The summed E-state index contributed by atoms with van der Waals surface area (Å²) in [5, 5.41) is 5.87. The summed E-state index contributed by atoms with van der Waals surface area (Å²) < 4.78 is 16.4. The van der Waals surface area contributed by atoms with E-state index >= 15 is 0 Å². The fourth-order valence-corrected chi connectivity index (χ4v) is 2.52. The summed E-state index contributed by atoms with van der Waals surface area (Å²) in [6, 6.07) is 14.3. The Labute approximate surface area is 171 Å². The van der Waals surface area contributed by atoms with Crippen LogP contribution in [0.4, 0.5) is 5.69 Å². The van der Waals surface area contributed by atoms with Gasteiger partial charge in [0, 0.05) is 23.9 Å². The maximum atomic E-state index is 12.4. The lowest BCUT2D eigenvalue weighted by Crippen LogP contribution is -2.34. The standard InChI is InChI=1S/C21H26N2O4S/c1-3-11-26-18-9-5-7-16(14-18)20(24)23-21(28)22-17-8-6-10-19(15-17)27-13-12-25-4-2/h5-10,14-15H,3-4,11-13H2,1-2H3,(H2,22,23,24,28). The number of rotatable bonds is 10. The number of amides is 1. The number of ether oxygens (including phenoxy) is 3. The molecule has 0 aliphatic heterocycles. The second-order valence-electron chi connectivity index (χ2n) is 5.86. The molecule has 7 heteroatoms. The molecular formula is C21H26N2O4S. The van der Waals surface area contributed by atoms with E-state index < -0.39 is 0 Å². The predicted molar refractivity (Wildman–Crippen MR) is 114 cm³/mol.